The average Bonchev–Trinajstić information content (AvgIpc) is 3.31. The van der Waals surface area contributed by atoms with Crippen molar-refractivity contribution in [2.24, 2.45) is 7.05 Å². The van der Waals surface area contributed by atoms with E-state index in [0.717, 1.165) is 15.1 Å². The maximum absolute atomic E-state index is 13.5. The van der Waals surface area contributed by atoms with Gasteiger partial charge in [-0.1, -0.05) is 17.7 Å². The zero-order valence-corrected chi connectivity index (χ0v) is 20.7. The van der Waals surface area contributed by atoms with E-state index in [1.165, 1.54) is 35.0 Å². The first-order chi connectivity index (χ1) is 17.1. The molecule has 0 saturated carbocycles. The van der Waals surface area contributed by atoms with Crippen LogP contribution in [0.15, 0.2) is 88.9 Å². The van der Waals surface area contributed by atoms with E-state index in [1.54, 1.807) is 49.8 Å². The molecule has 0 bridgehead atoms. The van der Waals surface area contributed by atoms with Crippen molar-refractivity contribution in [2.75, 3.05) is 5.32 Å². The van der Waals surface area contributed by atoms with Gasteiger partial charge in [0.05, 0.1) is 4.90 Å². The van der Waals surface area contributed by atoms with Gasteiger partial charge in [0.15, 0.2) is 0 Å². The van der Waals surface area contributed by atoms with Crippen LogP contribution < -0.4 is 10.9 Å². The van der Waals surface area contributed by atoms with Gasteiger partial charge in [0.2, 0.25) is 0 Å². The summed E-state index contributed by atoms with van der Waals surface area (Å²) in [5, 5.41) is 3.68. The first kappa shape index (κ1) is 23.5. The van der Waals surface area contributed by atoms with Crippen LogP contribution in [-0.4, -0.2) is 21.9 Å². The lowest BCUT2D eigenvalue weighted by Crippen LogP contribution is -2.22. The molecule has 5 aromatic rings. The molecule has 9 heteroatoms. The highest BCUT2D eigenvalue weighted by atomic mass is 32.2. The molecule has 182 valence electrons. The van der Waals surface area contributed by atoms with Crippen LogP contribution in [0.25, 0.3) is 22.0 Å². The lowest BCUT2D eigenvalue weighted by atomic mass is 10.0. The van der Waals surface area contributed by atoms with Crippen molar-refractivity contribution in [2.45, 2.75) is 18.7 Å². The standard InChI is InChI=1S/C27H23FN4O3S/c1-17-4-10-21(11-5-17)36(34,35)32-13-12-22-24(16-31(3)27(33)25(22)32)23-14-18(2)15-29-26(23)30-20-8-6-19(28)7-9-20/h4-16H,1-3H3,(H,29,30). The summed E-state index contributed by atoms with van der Waals surface area (Å²) in [5.41, 5.74) is 3.35. The number of pyridine rings is 2. The molecule has 0 spiro atoms. The number of nitrogens with zero attached hydrogens (tertiary/aromatic N) is 3. The van der Waals surface area contributed by atoms with Gasteiger partial charge in [-0.25, -0.2) is 21.8 Å². The zero-order valence-electron chi connectivity index (χ0n) is 19.9. The number of anilines is 2. The van der Waals surface area contributed by atoms with Gasteiger partial charge in [0.1, 0.15) is 17.2 Å². The Bertz CT molecular complexity index is 1770. The molecule has 0 unspecified atom stereocenters. The smallest absolute Gasteiger partial charge is 0.275 e. The van der Waals surface area contributed by atoms with E-state index in [2.05, 4.69) is 10.3 Å². The zero-order chi connectivity index (χ0) is 25.6. The molecule has 0 fully saturated rings. The number of hydrogen-bond acceptors (Lipinski definition) is 5. The highest BCUT2D eigenvalue weighted by Gasteiger charge is 2.24. The van der Waals surface area contributed by atoms with E-state index in [9.17, 15) is 17.6 Å². The van der Waals surface area contributed by atoms with Crippen LogP contribution in [-0.2, 0) is 17.1 Å². The fourth-order valence-corrected chi connectivity index (χ4v) is 5.46. The third kappa shape index (κ3) is 4.07. The van der Waals surface area contributed by atoms with Gasteiger partial charge in [0.25, 0.3) is 15.6 Å². The molecule has 0 aliphatic carbocycles. The molecule has 0 aliphatic rings. The number of aromatic nitrogens is 3. The van der Waals surface area contributed by atoms with Crippen LogP contribution in [0.5, 0.6) is 0 Å². The van der Waals surface area contributed by atoms with Gasteiger partial charge in [0, 0.05) is 47.8 Å². The maximum atomic E-state index is 13.5. The summed E-state index contributed by atoms with van der Waals surface area (Å²) in [7, 11) is -2.43. The number of aryl methyl sites for hydroxylation is 3. The summed E-state index contributed by atoms with van der Waals surface area (Å²) >= 11 is 0. The number of rotatable bonds is 5. The summed E-state index contributed by atoms with van der Waals surface area (Å²) < 4.78 is 42.8. The topological polar surface area (TPSA) is 86.0 Å². The number of fused-ring (bicyclic) bond motifs is 1. The Labute approximate surface area is 207 Å². The van der Waals surface area contributed by atoms with Crippen LogP contribution in [0.2, 0.25) is 0 Å². The highest BCUT2D eigenvalue weighted by Crippen LogP contribution is 2.35. The first-order valence-electron chi connectivity index (χ1n) is 11.2. The van der Waals surface area contributed by atoms with E-state index in [1.807, 2.05) is 19.9 Å². The molecule has 36 heavy (non-hydrogen) atoms. The molecule has 0 aliphatic heterocycles. The normalized spacial score (nSPS) is 11.7. The summed E-state index contributed by atoms with van der Waals surface area (Å²) in [6.45, 7) is 3.77. The number of hydrogen-bond donors (Lipinski definition) is 1. The van der Waals surface area contributed by atoms with Gasteiger partial charge in [-0.15, -0.1) is 0 Å². The number of benzene rings is 2. The second kappa shape index (κ2) is 8.76. The molecule has 7 nitrogen and oxygen atoms in total. The number of nitrogens with one attached hydrogen (secondary N) is 1. The minimum atomic E-state index is -4.01. The molecule has 2 aromatic carbocycles. The van der Waals surface area contributed by atoms with Gasteiger partial charge in [-0.2, -0.15) is 0 Å². The van der Waals surface area contributed by atoms with Crippen molar-refractivity contribution in [3.05, 3.63) is 107 Å². The minimum absolute atomic E-state index is 0.0461. The van der Waals surface area contributed by atoms with Crippen molar-refractivity contribution >= 4 is 32.4 Å². The SMILES string of the molecule is Cc1ccc(S(=O)(=O)n2ccc3c(-c4cc(C)cnc4Nc4ccc(F)cc4)cn(C)c(=O)c32)cc1. The quantitative estimate of drug-likeness (QED) is 0.360. The third-order valence-electron chi connectivity index (χ3n) is 5.99. The summed E-state index contributed by atoms with van der Waals surface area (Å²) in [6.07, 6.45) is 4.77. The second-order valence-electron chi connectivity index (χ2n) is 8.69. The lowest BCUT2D eigenvalue weighted by molar-refractivity contribution is 0.589. The Morgan fingerprint density at radius 2 is 1.61 bits per heavy atom. The van der Waals surface area contributed by atoms with Crippen LogP contribution >= 0.6 is 0 Å². The molecule has 0 atom stereocenters. The minimum Gasteiger partial charge on any atom is -0.340 e. The third-order valence-corrected chi connectivity index (χ3v) is 7.68. The lowest BCUT2D eigenvalue weighted by Gasteiger charge is -2.15. The molecule has 0 amide bonds. The van der Waals surface area contributed by atoms with Crippen LogP contribution in [0.3, 0.4) is 0 Å². The highest BCUT2D eigenvalue weighted by molar-refractivity contribution is 7.90. The van der Waals surface area contributed by atoms with Crippen molar-refractivity contribution in [1.82, 2.24) is 13.5 Å². The van der Waals surface area contributed by atoms with Crippen molar-refractivity contribution in [3.63, 3.8) is 0 Å². The van der Waals surface area contributed by atoms with Crippen LogP contribution in [0.4, 0.5) is 15.9 Å². The second-order valence-corrected chi connectivity index (χ2v) is 10.5. The van der Waals surface area contributed by atoms with Crippen molar-refractivity contribution in [3.8, 4) is 11.1 Å². The van der Waals surface area contributed by atoms with E-state index in [-0.39, 0.29) is 16.2 Å². The predicted molar refractivity (Wildman–Crippen MR) is 139 cm³/mol. The molecule has 3 heterocycles. The Balaban J connectivity index is 1.73. The van der Waals surface area contributed by atoms with Gasteiger partial charge < -0.3 is 9.88 Å². The Kier molecular flexibility index (Phi) is 5.72. The molecule has 3 aromatic heterocycles. The van der Waals surface area contributed by atoms with E-state index < -0.39 is 15.6 Å². The number of halogens is 1. The molecular formula is C27H23FN4O3S. The molecule has 0 radical (unpaired) electrons. The van der Waals surface area contributed by atoms with Crippen molar-refractivity contribution in [1.29, 1.82) is 0 Å². The van der Waals surface area contributed by atoms with Gasteiger partial charge in [-0.05, 0) is 67.9 Å². The summed E-state index contributed by atoms with van der Waals surface area (Å²) in [5.74, 6) is 0.134. The average molecular weight is 503 g/mol. The van der Waals surface area contributed by atoms with Gasteiger partial charge in [-0.3, -0.25) is 4.79 Å². The van der Waals surface area contributed by atoms with E-state index >= 15 is 0 Å². The van der Waals surface area contributed by atoms with E-state index in [4.69, 9.17) is 0 Å². The molecule has 0 saturated heterocycles. The van der Waals surface area contributed by atoms with Gasteiger partial charge >= 0.3 is 0 Å². The molecule has 5 rings (SSSR count). The predicted octanol–water partition coefficient (Wildman–Crippen LogP) is 5.14. The molecule has 1 N–H and O–H groups in total. The van der Waals surface area contributed by atoms with Crippen molar-refractivity contribution < 1.29 is 12.8 Å². The first-order valence-corrected chi connectivity index (χ1v) is 12.6. The fourth-order valence-electron chi connectivity index (χ4n) is 4.11. The fraction of sp³-hybridized carbons (Fsp3) is 0.111. The monoisotopic (exact) mass is 502 g/mol. The Hall–Kier alpha value is -4.24. The van der Waals surface area contributed by atoms with E-state index in [0.29, 0.717) is 28.0 Å². The summed E-state index contributed by atoms with van der Waals surface area (Å²) in [4.78, 5) is 17.8. The largest absolute Gasteiger partial charge is 0.340 e. The summed E-state index contributed by atoms with van der Waals surface area (Å²) in [6, 6.07) is 15.9. The Morgan fingerprint density at radius 1 is 0.917 bits per heavy atom. The van der Waals surface area contributed by atoms with Crippen LogP contribution in [0, 0.1) is 19.7 Å². The maximum Gasteiger partial charge on any atom is 0.275 e. The van der Waals surface area contributed by atoms with Crippen LogP contribution in [0.1, 0.15) is 11.1 Å². The Morgan fingerprint density at radius 3 is 2.31 bits per heavy atom. The molecular weight excluding hydrogens is 479 g/mol.